The third-order valence-electron chi connectivity index (χ3n) is 5.50. The number of aryl methyl sites for hydroxylation is 1. The highest BCUT2D eigenvalue weighted by Gasteiger charge is 2.28. The summed E-state index contributed by atoms with van der Waals surface area (Å²) in [5.74, 6) is -0.0680. The normalized spacial score (nSPS) is 16.4. The second kappa shape index (κ2) is 8.06. The maximum Gasteiger partial charge on any atom is 0.272 e. The number of halogens is 1. The number of benzene rings is 1. The van der Waals surface area contributed by atoms with E-state index in [1.54, 1.807) is 31.6 Å². The summed E-state index contributed by atoms with van der Waals surface area (Å²) in [7, 11) is -3.88. The summed E-state index contributed by atoms with van der Waals surface area (Å²) < 4.78 is 43.1. The monoisotopic (exact) mass is 473 g/mol. The van der Waals surface area contributed by atoms with Crippen molar-refractivity contribution in [3.05, 3.63) is 70.1 Å². The second-order valence-electron chi connectivity index (χ2n) is 8.46. The minimum atomic E-state index is -3.88. The Hall–Kier alpha value is -2.62. The second-order valence-corrected chi connectivity index (χ2v) is 11.3. The van der Waals surface area contributed by atoms with Crippen LogP contribution in [-0.2, 0) is 22.0 Å². The molecule has 0 radical (unpaired) electrons. The van der Waals surface area contributed by atoms with Crippen molar-refractivity contribution in [1.29, 1.82) is 0 Å². The molecule has 168 valence electrons. The smallest absolute Gasteiger partial charge is 0.272 e. The van der Waals surface area contributed by atoms with Gasteiger partial charge in [-0.3, -0.25) is 14.7 Å². The topological polar surface area (TPSA) is 91.7 Å². The van der Waals surface area contributed by atoms with Crippen LogP contribution in [-0.4, -0.2) is 24.3 Å². The molecule has 0 bridgehead atoms. The zero-order valence-electron chi connectivity index (χ0n) is 18.2. The van der Waals surface area contributed by atoms with E-state index in [4.69, 9.17) is 0 Å². The lowest BCUT2D eigenvalue weighted by Gasteiger charge is -2.25. The maximum absolute atomic E-state index is 14.4. The molecule has 4 rings (SSSR count). The number of hydrogen-bond donors (Lipinski definition) is 2. The highest BCUT2D eigenvalue weighted by atomic mass is 32.2. The van der Waals surface area contributed by atoms with Crippen LogP contribution in [0.2, 0.25) is 0 Å². The summed E-state index contributed by atoms with van der Waals surface area (Å²) in [4.78, 5) is 8.60. The highest BCUT2D eigenvalue weighted by Crippen LogP contribution is 2.36. The van der Waals surface area contributed by atoms with Gasteiger partial charge in [0.1, 0.15) is 15.9 Å². The SMILES string of the molecule is Cc1cnccc1-c1cc(F)cc2c1CC(NS(=O)(=O)c1cc(C(C)(C)O)cs1)=NC2C. The fourth-order valence-corrected chi connectivity index (χ4v) is 6.19. The summed E-state index contributed by atoms with van der Waals surface area (Å²) in [6.07, 6.45) is 3.59. The molecule has 0 saturated heterocycles. The number of rotatable bonds is 4. The van der Waals surface area contributed by atoms with Crippen LogP contribution in [0.5, 0.6) is 0 Å². The van der Waals surface area contributed by atoms with E-state index in [0.717, 1.165) is 33.6 Å². The van der Waals surface area contributed by atoms with E-state index in [2.05, 4.69) is 14.7 Å². The molecular formula is C23H24FN3O3S2. The number of aromatic nitrogens is 1. The van der Waals surface area contributed by atoms with Crippen molar-refractivity contribution in [2.45, 2.75) is 50.0 Å². The number of nitrogens with one attached hydrogen (secondary N) is 1. The Balaban J connectivity index is 1.70. The Bertz CT molecular complexity index is 1320. The van der Waals surface area contributed by atoms with Crippen molar-refractivity contribution in [2.75, 3.05) is 0 Å². The van der Waals surface area contributed by atoms with Crippen molar-refractivity contribution in [3.8, 4) is 11.1 Å². The van der Waals surface area contributed by atoms with Crippen LogP contribution in [0.4, 0.5) is 4.39 Å². The van der Waals surface area contributed by atoms with E-state index in [0.29, 0.717) is 17.0 Å². The Morgan fingerprint density at radius 1 is 1.25 bits per heavy atom. The molecule has 2 aromatic heterocycles. The average molecular weight is 474 g/mol. The standard InChI is InChI=1S/C23H24FN3O3S2/c1-13-11-25-6-5-17(13)19-9-16(24)8-18-14(2)26-21(10-20(18)19)27-32(29,30)22-7-15(12-31-22)23(3,4)28/h5-9,11-12,14,28H,10H2,1-4H3,(H,26,27). The van der Waals surface area contributed by atoms with Crippen LogP contribution < -0.4 is 4.72 Å². The van der Waals surface area contributed by atoms with Crippen molar-refractivity contribution in [3.63, 3.8) is 0 Å². The predicted octanol–water partition coefficient (Wildman–Crippen LogP) is 4.48. The first-order valence-electron chi connectivity index (χ1n) is 10.1. The fourth-order valence-electron chi connectivity index (χ4n) is 3.81. The molecule has 0 aliphatic carbocycles. The van der Waals surface area contributed by atoms with Gasteiger partial charge in [-0.1, -0.05) is 0 Å². The molecule has 2 N–H and O–H groups in total. The molecule has 0 saturated carbocycles. The first-order valence-corrected chi connectivity index (χ1v) is 12.5. The fraction of sp³-hybridized carbons (Fsp3) is 0.304. The molecule has 1 aliphatic heterocycles. The van der Waals surface area contributed by atoms with Gasteiger partial charge in [0.15, 0.2) is 0 Å². The number of aliphatic imine (C=N–C) groups is 1. The lowest BCUT2D eigenvalue weighted by Crippen LogP contribution is -2.34. The van der Waals surface area contributed by atoms with Crippen LogP contribution in [0.1, 0.15) is 49.1 Å². The van der Waals surface area contributed by atoms with Crippen LogP contribution in [0.15, 0.2) is 51.2 Å². The largest absolute Gasteiger partial charge is 0.386 e. The molecule has 0 spiro atoms. The van der Waals surface area contributed by atoms with Crippen molar-refractivity contribution in [2.24, 2.45) is 4.99 Å². The van der Waals surface area contributed by atoms with Crippen molar-refractivity contribution >= 4 is 27.2 Å². The summed E-state index contributed by atoms with van der Waals surface area (Å²) >= 11 is 1.04. The summed E-state index contributed by atoms with van der Waals surface area (Å²) in [5.41, 5.74) is 3.41. The van der Waals surface area contributed by atoms with Gasteiger partial charge in [0, 0.05) is 18.8 Å². The van der Waals surface area contributed by atoms with Gasteiger partial charge in [0.25, 0.3) is 10.0 Å². The lowest BCUT2D eigenvalue weighted by atomic mass is 9.87. The Morgan fingerprint density at radius 3 is 2.66 bits per heavy atom. The predicted molar refractivity (Wildman–Crippen MR) is 124 cm³/mol. The van der Waals surface area contributed by atoms with Crippen LogP contribution in [0.3, 0.4) is 0 Å². The van der Waals surface area contributed by atoms with E-state index >= 15 is 0 Å². The van der Waals surface area contributed by atoms with Crippen LogP contribution >= 0.6 is 11.3 Å². The number of pyridine rings is 1. The van der Waals surface area contributed by atoms with E-state index in [-0.39, 0.29) is 16.4 Å². The zero-order chi connectivity index (χ0) is 23.3. The number of fused-ring (bicyclic) bond motifs is 1. The molecule has 9 heteroatoms. The molecule has 3 heterocycles. The number of thiophene rings is 1. The quantitative estimate of drug-likeness (QED) is 0.585. The molecule has 1 aliphatic rings. The highest BCUT2D eigenvalue weighted by molar-refractivity contribution is 7.92. The molecular weight excluding hydrogens is 449 g/mol. The molecule has 6 nitrogen and oxygen atoms in total. The van der Waals surface area contributed by atoms with Gasteiger partial charge in [0.05, 0.1) is 11.6 Å². The van der Waals surface area contributed by atoms with Crippen molar-refractivity contribution in [1.82, 2.24) is 9.71 Å². The van der Waals surface area contributed by atoms with Crippen LogP contribution in [0.25, 0.3) is 11.1 Å². The number of nitrogens with zero attached hydrogens (tertiary/aromatic N) is 2. The maximum atomic E-state index is 14.4. The summed E-state index contributed by atoms with van der Waals surface area (Å²) in [5, 5.41) is 11.8. The first kappa shape index (κ1) is 22.6. The number of amidine groups is 1. The van der Waals surface area contributed by atoms with Gasteiger partial charge in [-0.25, -0.2) is 12.8 Å². The zero-order valence-corrected chi connectivity index (χ0v) is 19.8. The number of sulfonamides is 1. The van der Waals surface area contributed by atoms with Crippen LogP contribution in [0, 0.1) is 12.7 Å². The van der Waals surface area contributed by atoms with Crippen molar-refractivity contribution < 1.29 is 17.9 Å². The molecule has 1 atom stereocenters. The number of aliphatic hydroxyl groups is 1. The summed E-state index contributed by atoms with van der Waals surface area (Å²) in [6, 6.07) is 5.82. The van der Waals surface area contributed by atoms with E-state index in [1.807, 2.05) is 19.9 Å². The molecule has 0 amide bonds. The average Bonchev–Trinajstić information content (AvgIpc) is 3.20. The molecule has 3 aromatic rings. The van der Waals surface area contributed by atoms with Gasteiger partial charge in [-0.05, 0) is 90.7 Å². The molecule has 0 fully saturated rings. The number of hydrogen-bond acceptors (Lipinski definition) is 6. The Morgan fingerprint density at radius 2 is 2.00 bits per heavy atom. The minimum absolute atomic E-state index is 0.0973. The summed E-state index contributed by atoms with van der Waals surface area (Å²) in [6.45, 7) is 6.92. The third kappa shape index (κ3) is 4.32. The van der Waals surface area contributed by atoms with Gasteiger partial charge >= 0.3 is 0 Å². The van der Waals surface area contributed by atoms with Gasteiger partial charge in [0.2, 0.25) is 0 Å². The molecule has 1 aromatic carbocycles. The third-order valence-corrected chi connectivity index (χ3v) is 8.32. The molecule has 32 heavy (non-hydrogen) atoms. The first-order chi connectivity index (χ1) is 15.0. The van der Waals surface area contributed by atoms with Gasteiger partial charge in [-0.2, -0.15) is 0 Å². The molecule has 1 unspecified atom stereocenters. The van der Waals surface area contributed by atoms with Gasteiger partial charge in [-0.15, -0.1) is 11.3 Å². The Kier molecular flexibility index (Phi) is 5.68. The Labute approximate surface area is 190 Å². The van der Waals surface area contributed by atoms with E-state index < -0.39 is 21.7 Å². The van der Waals surface area contributed by atoms with E-state index in [1.165, 1.54) is 18.2 Å². The van der Waals surface area contributed by atoms with Gasteiger partial charge < -0.3 is 5.11 Å². The minimum Gasteiger partial charge on any atom is -0.386 e. The van der Waals surface area contributed by atoms with E-state index in [9.17, 15) is 17.9 Å². The lowest BCUT2D eigenvalue weighted by molar-refractivity contribution is 0.0789.